The lowest BCUT2D eigenvalue weighted by Gasteiger charge is -2.14. The van der Waals surface area contributed by atoms with Crippen LogP contribution in [0.15, 0.2) is 12.1 Å². The van der Waals surface area contributed by atoms with Gasteiger partial charge in [-0.1, -0.05) is 0 Å². The second-order valence-electron chi connectivity index (χ2n) is 4.04. The van der Waals surface area contributed by atoms with Gasteiger partial charge >= 0.3 is 0 Å². The summed E-state index contributed by atoms with van der Waals surface area (Å²) >= 11 is 0. The van der Waals surface area contributed by atoms with Crippen LogP contribution < -0.4 is 25.3 Å². The maximum atomic E-state index is 12.1. The summed E-state index contributed by atoms with van der Waals surface area (Å²) in [6, 6.07) is 2.93. The van der Waals surface area contributed by atoms with Crippen molar-refractivity contribution in [3.8, 4) is 17.2 Å². The number of ether oxygens (including phenoxy) is 3. The van der Waals surface area contributed by atoms with E-state index in [4.69, 9.17) is 19.9 Å². The molecule has 2 amide bonds. The highest BCUT2D eigenvalue weighted by atomic mass is 16.5. The van der Waals surface area contributed by atoms with Crippen LogP contribution in [0, 0.1) is 0 Å². The molecule has 0 fully saturated rings. The smallest absolute Gasteiger partial charge is 0.255 e. The number of hydrogen-bond donors (Lipinski definition) is 3. The molecule has 0 saturated heterocycles. The Hall–Kier alpha value is -2.48. The number of nitrogens with two attached hydrogens (primary N) is 1. The number of aliphatic hydroxyl groups excluding tert-OH is 1. The number of carbonyl (C=O) groups excluding carboxylic acids is 2. The maximum absolute atomic E-state index is 12.1. The topological polar surface area (TPSA) is 120 Å². The molecule has 1 aromatic rings. The summed E-state index contributed by atoms with van der Waals surface area (Å²) < 4.78 is 15.3. The molecule has 1 aromatic carbocycles. The van der Waals surface area contributed by atoms with Crippen LogP contribution in [0.1, 0.15) is 10.4 Å². The predicted molar refractivity (Wildman–Crippen MR) is 73.6 cm³/mol. The summed E-state index contributed by atoms with van der Waals surface area (Å²) in [6.45, 7) is -0.300. The Kier molecular flexibility index (Phi) is 5.79. The summed E-state index contributed by atoms with van der Waals surface area (Å²) in [6.07, 6.45) is -1.46. The molecular formula is C13H18N2O6. The van der Waals surface area contributed by atoms with Crippen molar-refractivity contribution in [2.45, 2.75) is 6.10 Å². The van der Waals surface area contributed by atoms with Crippen LogP contribution >= 0.6 is 0 Å². The molecule has 0 aliphatic heterocycles. The summed E-state index contributed by atoms with van der Waals surface area (Å²) in [4.78, 5) is 22.8. The lowest BCUT2D eigenvalue weighted by molar-refractivity contribution is -0.125. The molecule has 0 radical (unpaired) electrons. The highest BCUT2D eigenvalue weighted by Crippen LogP contribution is 2.34. The van der Waals surface area contributed by atoms with Gasteiger partial charge in [0.2, 0.25) is 5.91 Å². The Bertz CT molecular complexity index is 532. The molecule has 0 aliphatic rings. The quantitative estimate of drug-likeness (QED) is 0.611. The average molecular weight is 298 g/mol. The van der Waals surface area contributed by atoms with E-state index in [1.54, 1.807) is 0 Å². The molecule has 8 heteroatoms. The first-order valence-corrected chi connectivity index (χ1v) is 6.00. The number of amides is 2. The first-order valence-electron chi connectivity index (χ1n) is 6.00. The number of hydrogen-bond acceptors (Lipinski definition) is 6. The van der Waals surface area contributed by atoms with Gasteiger partial charge in [-0.05, 0) is 0 Å². The number of carbonyl (C=O) groups is 2. The van der Waals surface area contributed by atoms with Crippen LogP contribution in [-0.4, -0.2) is 50.9 Å². The number of benzene rings is 1. The highest BCUT2D eigenvalue weighted by Gasteiger charge is 2.19. The zero-order chi connectivity index (χ0) is 16.0. The Morgan fingerprint density at radius 1 is 1.14 bits per heavy atom. The lowest BCUT2D eigenvalue weighted by Crippen LogP contribution is -2.40. The van der Waals surface area contributed by atoms with E-state index in [2.05, 4.69) is 5.32 Å². The normalized spacial score (nSPS) is 11.4. The predicted octanol–water partition coefficient (Wildman–Crippen LogP) is -0.712. The number of primary amides is 1. The van der Waals surface area contributed by atoms with Gasteiger partial charge in [-0.3, -0.25) is 9.59 Å². The SMILES string of the molecule is COc1cc(OC)c(C(=O)NCC(O)C(N)=O)cc1OC. The zero-order valence-electron chi connectivity index (χ0n) is 12.0. The van der Waals surface area contributed by atoms with Crippen molar-refractivity contribution in [2.75, 3.05) is 27.9 Å². The first-order chi connectivity index (χ1) is 9.94. The van der Waals surface area contributed by atoms with Crippen LogP contribution in [0.5, 0.6) is 17.2 Å². The average Bonchev–Trinajstić information content (AvgIpc) is 2.50. The molecule has 4 N–H and O–H groups in total. The number of methoxy groups -OCH3 is 3. The third-order valence-corrected chi connectivity index (χ3v) is 2.73. The molecule has 1 unspecified atom stereocenters. The van der Waals surface area contributed by atoms with Gasteiger partial charge in [0.1, 0.15) is 11.9 Å². The third-order valence-electron chi connectivity index (χ3n) is 2.73. The lowest BCUT2D eigenvalue weighted by atomic mass is 10.1. The van der Waals surface area contributed by atoms with Gasteiger partial charge in [0.15, 0.2) is 11.5 Å². The molecule has 21 heavy (non-hydrogen) atoms. The number of rotatable bonds is 7. The van der Waals surface area contributed by atoms with E-state index < -0.39 is 17.9 Å². The van der Waals surface area contributed by atoms with E-state index in [1.165, 1.54) is 33.5 Å². The highest BCUT2D eigenvalue weighted by molar-refractivity contribution is 5.98. The summed E-state index contributed by atoms with van der Waals surface area (Å²) in [5, 5.41) is 11.6. The fourth-order valence-electron chi connectivity index (χ4n) is 1.59. The van der Waals surface area contributed by atoms with E-state index in [9.17, 15) is 14.7 Å². The van der Waals surface area contributed by atoms with Gasteiger partial charge in [-0.25, -0.2) is 0 Å². The van der Waals surface area contributed by atoms with Crippen LogP contribution in [-0.2, 0) is 4.79 Å². The minimum atomic E-state index is -1.46. The molecule has 8 nitrogen and oxygen atoms in total. The van der Waals surface area contributed by atoms with Crippen LogP contribution in [0.3, 0.4) is 0 Å². The van der Waals surface area contributed by atoms with Crippen molar-refractivity contribution in [1.82, 2.24) is 5.32 Å². The summed E-state index contributed by atoms with van der Waals surface area (Å²) in [7, 11) is 4.29. The molecule has 0 heterocycles. The minimum absolute atomic E-state index is 0.173. The van der Waals surface area contributed by atoms with Crippen LogP contribution in [0.25, 0.3) is 0 Å². The monoisotopic (exact) mass is 298 g/mol. The van der Waals surface area contributed by atoms with E-state index in [0.29, 0.717) is 11.5 Å². The van der Waals surface area contributed by atoms with Gasteiger partial charge < -0.3 is 30.4 Å². The molecule has 0 aromatic heterocycles. The number of nitrogens with one attached hydrogen (secondary N) is 1. The second-order valence-corrected chi connectivity index (χ2v) is 4.04. The first kappa shape index (κ1) is 16.6. The Labute approximate surface area is 121 Å². The van der Waals surface area contributed by atoms with Crippen molar-refractivity contribution >= 4 is 11.8 Å². The van der Waals surface area contributed by atoms with Crippen molar-refractivity contribution < 1.29 is 28.9 Å². The third kappa shape index (κ3) is 3.99. The second kappa shape index (κ2) is 7.34. The van der Waals surface area contributed by atoms with Gasteiger partial charge in [0.25, 0.3) is 5.91 Å². The molecule has 0 saturated carbocycles. The van der Waals surface area contributed by atoms with E-state index in [1.807, 2.05) is 0 Å². The van der Waals surface area contributed by atoms with Crippen molar-refractivity contribution in [2.24, 2.45) is 5.73 Å². The van der Waals surface area contributed by atoms with E-state index in [0.717, 1.165) is 0 Å². The van der Waals surface area contributed by atoms with Crippen molar-refractivity contribution in [3.05, 3.63) is 17.7 Å². The molecule has 1 rings (SSSR count). The number of aliphatic hydroxyl groups is 1. The van der Waals surface area contributed by atoms with Crippen molar-refractivity contribution in [1.29, 1.82) is 0 Å². The molecule has 0 bridgehead atoms. The van der Waals surface area contributed by atoms with E-state index in [-0.39, 0.29) is 17.9 Å². The maximum Gasteiger partial charge on any atom is 0.255 e. The fourth-order valence-corrected chi connectivity index (χ4v) is 1.59. The molecular weight excluding hydrogens is 280 g/mol. The largest absolute Gasteiger partial charge is 0.496 e. The van der Waals surface area contributed by atoms with Gasteiger partial charge in [0.05, 0.1) is 33.4 Å². The van der Waals surface area contributed by atoms with Gasteiger partial charge in [-0.15, -0.1) is 0 Å². The molecule has 0 aliphatic carbocycles. The molecule has 0 spiro atoms. The Balaban J connectivity index is 2.99. The van der Waals surface area contributed by atoms with Crippen LogP contribution in [0.2, 0.25) is 0 Å². The molecule has 1 atom stereocenters. The minimum Gasteiger partial charge on any atom is -0.496 e. The zero-order valence-corrected chi connectivity index (χ0v) is 12.0. The van der Waals surface area contributed by atoms with Crippen molar-refractivity contribution in [3.63, 3.8) is 0 Å². The summed E-state index contributed by atoms with van der Waals surface area (Å²) in [5.74, 6) is -0.455. The van der Waals surface area contributed by atoms with Crippen LogP contribution in [0.4, 0.5) is 0 Å². The Morgan fingerprint density at radius 3 is 2.14 bits per heavy atom. The molecule has 116 valence electrons. The van der Waals surface area contributed by atoms with E-state index >= 15 is 0 Å². The Morgan fingerprint density at radius 2 is 1.67 bits per heavy atom. The standard InChI is InChI=1S/C13H18N2O6/c1-19-9-5-11(21-3)10(20-2)4-7(9)13(18)15-6-8(16)12(14)17/h4-5,8,16H,6H2,1-3H3,(H2,14,17)(H,15,18). The van der Waals surface area contributed by atoms with Gasteiger partial charge in [-0.2, -0.15) is 0 Å². The fraction of sp³-hybridized carbons (Fsp3) is 0.385. The summed E-state index contributed by atoms with van der Waals surface area (Å²) in [5.41, 5.74) is 5.07. The van der Waals surface area contributed by atoms with Gasteiger partial charge in [0, 0.05) is 12.1 Å².